The molecule has 1 aromatic carbocycles. The summed E-state index contributed by atoms with van der Waals surface area (Å²) in [5.74, 6) is -0.709. The smallest absolute Gasteiger partial charge is 0.308 e. The number of oxime groups is 1. The van der Waals surface area contributed by atoms with Crippen LogP contribution in [-0.4, -0.2) is 22.1 Å². The monoisotopic (exact) mass is 411 g/mol. The van der Waals surface area contributed by atoms with Crippen molar-refractivity contribution in [3.63, 3.8) is 0 Å². The van der Waals surface area contributed by atoms with Gasteiger partial charge in [-0.2, -0.15) is 0 Å². The number of esters is 1. The van der Waals surface area contributed by atoms with Crippen LogP contribution >= 0.6 is 43.5 Å². The molecule has 0 unspecified atom stereocenters. The van der Waals surface area contributed by atoms with Gasteiger partial charge in [-0.05, 0) is 44.8 Å². The zero-order valence-electron chi connectivity index (χ0n) is 9.83. The molecule has 1 aromatic rings. The van der Waals surface area contributed by atoms with Gasteiger partial charge in [-0.25, -0.2) is 0 Å². The number of hydrogen-bond acceptors (Lipinski definition) is 5. The lowest BCUT2D eigenvalue weighted by molar-refractivity contribution is -0.132. The van der Waals surface area contributed by atoms with Gasteiger partial charge in [0.25, 0.3) is 0 Å². The second-order valence-corrected chi connectivity index (χ2v) is 5.47. The molecular formula is C11H8Br2ClNO4. The molecule has 0 saturated heterocycles. The average molecular weight is 413 g/mol. The second kappa shape index (κ2) is 6.49. The Morgan fingerprint density at radius 1 is 1.37 bits per heavy atom. The molecule has 5 nitrogen and oxygen atoms in total. The van der Waals surface area contributed by atoms with Crippen LogP contribution in [0.1, 0.15) is 29.8 Å². The number of hydrogen-bond donors (Lipinski definition) is 1. The van der Waals surface area contributed by atoms with Crippen LogP contribution in [0.15, 0.2) is 20.2 Å². The van der Waals surface area contributed by atoms with E-state index in [2.05, 4.69) is 37.0 Å². The quantitative estimate of drug-likeness (QED) is 0.205. The lowest BCUT2D eigenvalue weighted by Crippen LogP contribution is -2.09. The van der Waals surface area contributed by atoms with E-state index in [1.165, 1.54) is 19.9 Å². The van der Waals surface area contributed by atoms with Gasteiger partial charge < -0.3 is 9.94 Å². The van der Waals surface area contributed by atoms with Gasteiger partial charge in [0, 0.05) is 18.1 Å². The molecule has 0 atom stereocenters. The molecule has 8 heteroatoms. The summed E-state index contributed by atoms with van der Waals surface area (Å²) >= 11 is 12.1. The first-order valence-electron chi connectivity index (χ1n) is 4.88. The van der Waals surface area contributed by atoms with Gasteiger partial charge in [-0.3, -0.25) is 9.59 Å². The summed E-state index contributed by atoms with van der Waals surface area (Å²) in [6.45, 7) is 2.55. The van der Waals surface area contributed by atoms with E-state index < -0.39 is 5.97 Å². The Balaban J connectivity index is 3.64. The Morgan fingerprint density at radius 3 is 2.37 bits per heavy atom. The predicted octanol–water partition coefficient (Wildman–Crippen LogP) is 3.71. The third-order valence-corrected chi connectivity index (χ3v) is 3.71. The van der Waals surface area contributed by atoms with Crippen molar-refractivity contribution in [2.24, 2.45) is 5.16 Å². The maximum atomic E-state index is 11.7. The fraction of sp³-hybridized carbons (Fsp3) is 0.182. The van der Waals surface area contributed by atoms with E-state index in [1.807, 2.05) is 0 Å². The van der Waals surface area contributed by atoms with Gasteiger partial charge in [0.05, 0.1) is 8.95 Å². The molecule has 0 radical (unpaired) electrons. The molecule has 0 aliphatic carbocycles. The zero-order chi connectivity index (χ0) is 14.7. The fourth-order valence-corrected chi connectivity index (χ4v) is 3.11. The number of rotatable bonds is 3. The highest BCUT2D eigenvalue weighted by atomic mass is 79.9. The highest BCUT2D eigenvalue weighted by Crippen LogP contribution is 2.39. The molecule has 0 aliphatic rings. The van der Waals surface area contributed by atoms with Crippen molar-refractivity contribution < 1.29 is 19.5 Å². The first-order valence-corrected chi connectivity index (χ1v) is 6.85. The Bertz CT molecular complexity index is 587. The van der Waals surface area contributed by atoms with E-state index >= 15 is 0 Å². The van der Waals surface area contributed by atoms with Gasteiger partial charge in [0.15, 0.2) is 16.7 Å². The van der Waals surface area contributed by atoms with Crippen LogP contribution in [0.25, 0.3) is 0 Å². The Morgan fingerprint density at radius 2 is 1.95 bits per heavy atom. The molecule has 0 spiro atoms. The van der Waals surface area contributed by atoms with Crippen molar-refractivity contribution in [1.82, 2.24) is 0 Å². The Labute approximate surface area is 130 Å². The molecular weight excluding hydrogens is 405 g/mol. The highest BCUT2D eigenvalue weighted by Gasteiger charge is 2.22. The third kappa shape index (κ3) is 3.55. The number of ketones is 1. The summed E-state index contributed by atoms with van der Waals surface area (Å²) in [5.41, 5.74) is 0.369. The van der Waals surface area contributed by atoms with Crippen LogP contribution in [0.3, 0.4) is 0 Å². The molecule has 0 saturated carbocycles. The predicted molar refractivity (Wildman–Crippen MR) is 77.3 cm³/mol. The molecule has 0 amide bonds. The maximum Gasteiger partial charge on any atom is 0.308 e. The van der Waals surface area contributed by atoms with Crippen molar-refractivity contribution in [3.8, 4) is 5.75 Å². The molecule has 1 rings (SSSR count). The van der Waals surface area contributed by atoms with Crippen LogP contribution < -0.4 is 4.74 Å². The maximum absolute atomic E-state index is 11.7. The van der Waals surface area contributed by atoms with Gasteiger partial charge in [0.1, 0.15) is 0 Å². The zero-order valence-corrected chi connectivity index (χ0v) is 13.8. The van der Waals surface area contributed by atoms with Crippen molar-refractivity contribution in [2.75, 3.05) is 0 Å². The summed E-state index contributed by atoms with van der Waals surface area (Å²) < 4.78 is 5.64. The van der Waals surface area contributed by atoms with Gasteiger partial charge in [-0.15, -0.1) is 0 Å². The summed E-state index contributed by atoms with van der Waals surface area (Å²) in [6, 6.07) is 1.43. The van der Waals surface area contributed by atoms with E-state index in [-0.39, 0.29) is 32.3 Å². The number of nitrogens with zero attached hydrogens (tertiary/aromatic N) is 1. The first kappa shape index (κ1) is 16.1. The van der Waals surface area contributed by atoms with Crippen LogP contribution in [0.2, 0.25) is 0 Å². The summed E-state index contributed by atoms with van der Waals surface area (Å²) in [4.78, 5) is 22.7. The standard InChI is InChI=1S/C11H8Br2ClNO4/c1-4(16)8-6(11(14)15-18)3-7(12)10(9(8)13)19-5(2)17/h3,18H,1-2H3. The number of halogens is 3. The van der Waals surface area contributed by atoms with Gasteiger partial charge in [-0.1, -0.05) is 16.8 Å². The molecule has 1 N–H and O–H groups in total. The van der Waals surface area contributed by atoms with Crippen LogP contribution in [-0.2, 0) is 4.79 Å². The molecule has 0 heterocycles. The van der Waals surface area contributed by atoms with Crippen LogP contribution in [0, 0.1) is 0 Å². The van der Waals surface area contributed by atoms with Crippen LogP contribution in [0.4, 0.5) is 0 Å². The first-order chi connectivity index (χ1) is 8.79. The van der Waals surface area contributed by atoms with Crippen molar-refractivity contribution in [1.29, 1.82) is 0 Å². The molecule has 19 heavy (non-hydrogen) atoms. The Hall–Kier alpha value is -0.920. The average Bonchev–Trinajstić information content (AvgIpc) is 2.31. The summed E-state index contributed by atoms with van der Waals surface area (Å²) in [5, 5.41) is 11.3. The normalized spacial score (nSPS) is 11.3. The lowest BCUT2D eigenvalue weighted by Gasteiger charge is -2.13. The molecule has 102 valence electrons. The molecule has 0 aliphatic heterocycles. The third-order valence-electron chi connectivity index (χ3n) is 2.08. The number of ether oxygens (including phenoxy) is 1. The fourth-order valence-electron chi connectivity index (χ4n) is 1.40. The SMILES string of the molecule is CC(=O)Oc1c(Br)cc(C(Cl)=NO)c(C(C)=O)c1Br. The van der Waals surface area contributed by atoms with Crippen molar-refractivity contribution in [3.05, 3.63) is 26.1 Å². The van der Waals surface area contributed by atoms with E-state index in [0.717, 1.165) is 0 Å². The second-order valence-electron chi connectivity index (χ2n) is 3.46. The molecule has 0 bridgehead atoms. The lowest BCUT2D eigenvalue weighted by atomic mass is 10.0. The van der Waals surface area contributed by atoms with Crippen LogP contribution in [0.5, 0.6) is 5.75 Å². The topological polar surface area (TPSA) is 76.0 Å². The number of Topliss-reactive ketones (excluding diaryl/α,β-unsaturated/α-hetero) is 1. The van der Waals surface area contributed by atoms with Gasteiger partial charge in [0.2, 0.25) is 0 Å². The minimum Gasteiger partial charge on any atom is -0.424 e. The van der Waals surface area contributed by atoms with Crippen molar-refractivity contribution >= 4 is 60.4 Å². The minimum atomic E-state index is -0.537. The minimum absolute atomic E-state index is 0.155. The number of carbonyl (C=O) groups excluding carboxylic acids is 2. The van der Waals surface area contributed by atoms with E-state index in [1.54, 1.807) is 0 Å². The summed E-state index contributed by atoms with van der Waals surface area (Å²) in [7, 11) is 0. The summed E-state index contributed by atoms with van der Waals surface area (Å²) in [6.07, 6.45) is 0. The van der Waals surface area contributed by atoms with E-state index in [9.17, 15) is 9.59 Å². The molecule has 0 aromatic heterocycles. The largest absolute Gasteiger partial charge is 0.424 e. The van der Waals surface area contributed by atoms with Gasteiger partial charge >= 0.3 is 5.97 Å². The van der Waals surface area contributed by atoms with Crippen molar-refractivity contribution in [2.45, 2.75) is 13.8 Å². The molecule has 0 fully saturated rings. The van der Waals surface area contributed by atoms with E-state index in [0.29, 0.717) is 4.47 Å². The highest BCUT2D eigenvalue weighted by molar-refractivity contribution is 9.11. The number of benzene rings is 1. The number of carbonyl (C=O) groups is 2. The van der Waals surface area contributed by atoms with E-state index in [4.69, 9.17) is 21.5 Å². The Kier molecular flexibility index (Phi) is 5.51.